The number of benzene rings is 1. The second-order valence-electron chi connectivity index (χ2n) is 5.16. The molecule has 1 aliphatic rings. The summed E-state index contributed by atoms with van der Waals surface area (Å²) in [5.41, 5.74) is 1.80. The number of carbonyl (C=O) groups excluding carboxylic acids is 2. The van der Waals surface area contributed by atoms with Crippen LogP contribution in [-0.2, 0) is 4.79 Å². The molecular formula is C15H17BrO2. The maximum absolute atomic E-state index is 12.5. The van der Waals surface area contributed by atoms with Crippen LogP contribution in [0.15, 0.2) is 22.7 Å². The molecule has 0 heterocycles. The first kappa shape index (κ1) is 13.5. The zero-order chi connectivity index (χ0) is 13.3. The normalized spacial score (nSPS) is 24.1. The van der Waals surface area contributed by atoms with Crippen molar-refractivity contribution in [3.05, 3.63) is 33.8 Å². The second-order valence-corrected chi connectivity index (χ2v) is 6.08. The molecule has 2 rings (SSSR count). The van der Waals surface area contributed by atoms with Crippen molar-refractivity contribution in [3.63, 3.8) is 0 Å². The van der Waals surface area contributed by atoms with Gasteiger partial charge in [0.05, 0.1) is 0 Å². The van der Waals surface area contributed by atoms with Gasteiger partial charge >= 0.3 is 0 Å². The molecule has 1 saturated carbocycles. The van der Waals surface area contributed by atoms with Crippen molar-refractivity contribution in [1.29, 1.82) is 0 Å². The highest BCUT2D eigenvalue weighted by molar-refractivity contribution is 9.10. The van der Waals surface area contributed by atoms with Crippen molar-refractivity contribution < 1.29 is 9.59 Å². The van der Waals surface area contributed by atoms with Crippen LogP contribution in [0.1, 0.15) is 42.1 Å². The molecular weight excluding hydrogens is 292 g/mol. The van der Waals surface area contributed by atoms with E-state index in [0.29, 0.717) is 25.0 Å². The first-order valence-corrected chi connectivity index (χ1v) is 7.11. The molecule has 0 aromatic heterocycles. The van der Waals surface area contributed by atoms with Crippen molar-refractivity contribution in [1.82, 2.24) is 0 Å². The van der Waals surface area contributed by atoms with Crippen molar-refractivity contribution in [2.24, 2.45) is 11.8 Å². The molecule has 2 nitrogen and oxygen atoms in total. The van der Waals surface area contributed by atoms with Crippen LogP contribution >= 0.6 is 15.9 Å². The molecule has 0 aliphatic heterocycles. The molecule has 0 radical (unpaired) electrons. The van der Waals surface area contributed by atoms with E-state index in [2.05, 4.69) is 15.9 Å². The van der Waals surface area contributed by atoms with Gasteiger partial charge in [0.1, 0.15) is 5.78 Å². The summed E-state index contributed by atoms with van der Waals surface area (Å²) in [7, 11) is 0. The monoisotopic (exact) mass is 308 g/mol. The van der Waals surface area contributed by atoms with E-state index >= 15 is 0 Å². The first-order chi connectivity index (χ1) is 8.49. The molecule has 1 aromatic rings. The van der Waals surface area contributed by atoms with Gasteiger partial charge in [0.2, 0.25) is 0 Å². The Hall–Kier alpha value is -0.960. The van der Waals surface area contributed by atoms with Gasteiger partial charge in [-0.25, -0.2) is 0 Å². The van der Waals surface area contributed by atoms with Crippen molar-refractivity contribution in [2.75, 3.05) is 0 Å². The van der Waals surface area contributed by atoms with Gasteiger partial charge in [0.25, 0.3) is 0 Å². The summed E-state index contributed by atoms with van der Waals surface area (Å²) >= 11 is 3.40. The minimum absolute atomic E-state index is 0.00528. The van der Waals surface area contributed by atoms with E-state index < -0.39 is 0 Å². The molecule has 3 heteroatoms. The zero-order valence-electron chi connectivity index (χ0n) is 10.7. The Morgan fingerprint density at radius 2 is 2.11 bits per heavy atom. The fraction of sp³-hybridized carbons (Fsp3) is 0.467. The fourth-order valence-corrected chi connectivity index (χ4v) is 2.92. The second kappa shape index (κ2) is 5.35. The number of rotatable bonds is 2. The van der Waals surface area contributed by atoms with E-state index in [1.807, 2.05) is 32.0 Å². The smallest absolute Gasteiger partial charge is 0.166 e. The summed E-state index contributed by atoms with van der Waals surface area (Å²) in [6, 6.07) is 5.78. The lowest BCUT2D eigenvalue weighted by Crippen LogP contribution is -2.28. The molecule has 1 aromatic carbocycles. The van der Waals surface area contributed by atoms with Gasteiger partial charge in [-0.15, -0.1) is 0 Å². The van der Waals surface area contributed by atoms with Crippen molar-refractivity contribution >= 4 is 27.5 Å². The molecule has 1 fully saturated rings. The van der Waals surface area contributed by atoms with Crippen LogP contribution in [0.4, 0.5) is 0 Å². The van der Waals surface area contributed by atoms with Crippen LogP contribution in [0.25, 0.3) is 0 Å². The Kier molecular flexibility index (Phi) is 4.00. The summed E-state index contributed by atoms with van der Waals surface area (Å²) in [5, 5.41) is 0. The molecule has 2 atom stereocenters. The van der Waals surface area contributed by atoms with Gasteiger partial charge < -0.3 is 0 Å². The lowest BCUT2D eigenvalue weighted by atomic mass is 9.77. The number of hydrogen-bond acceptors (Lipinski definition) is 2. The average Bonchev–Trinajstić information content (AvgIpc) is 2.35. The molecule has 0 amide bonds. The Labute approximate surface area is 116 Å². The highest BCUT2D eigenvalue weighted by Gasteiger charge is 2.30. The predicted molar refractivity (Wildman–Crippen MR) is 74.7 cm³/mol. The molecule has 18 heavy (non-hydrogen) atoms. The third-order valence-electron chi connectivity index (χ3n) is 3.76. The molecule has 0 N–H and O–H groups in total. The first-order valence-electron chi connectivity index (χ1n) is 6.32. The van der Waals surface area contributed by atoms with E-state index in [0.717, 1.165) is 15.6 Å². The van der Waals surface area contributed by atoms with Gasteiger partial charge in [-0.2, -0.15) is 0 Å². The van der Waals surface area contributed by atoms with Crippen LogP contribution in [0.3, 0.4) is 0 Å². The maximum Gasteiger partial charge on any atom is 0.166 e. The fourth-order valence-electron chi connectivity index (χ4n) is 2.56. The SMILES string of the molecule is Cc1ccc(Br)cc1C(=O)C1CCC(=O)C(C)C1. The standard InChI is InChI=1S/C15H17BrO2/c1-9-3-5-12(16)8-13(9)15(18)11-4-6-14(17)10(2)7-11/h3,5,8,10-11H,4,6-7H2,1-2H3. The third kappa shape index (κ3) is 2.72. The third-order valence-corrected chi connectivity index (χ3v) is 4.26. The largest absolute Gasteiger partial charge is 0.299 e. The highest BCUT2D eigenvalue weighted by Crippen LogP contribution is 2.30. The molecule has 0 saturated heterocycles. The van der Waals surface area contributed by atoms with E-state index in [-0.39, 0.29) is 17.6 Å². The van der Waals surface area contributed by atoms with Gasteiger partial charge in [0.15, 0.2) is 5.78 Å². The van der Waals surface area contributed by atoms with Crippen LogP contribution < -0.4 is 0 Å². The highest BCUT2D eigenvalue weighted by atomic mass is 79.9. The zero-order valence-corrected chi connectivity index (χ0v) is 12.3. The Balaban J connectivity index is 2.21. The van der Waals surface area contributed by atoms with Crippen molar-refractivity contribution in [2.45, 2.75) is 33.1 Å². The summed E-state index contributed by atoms with van der Waals surface area (Å²) in [5.74, 6) is 0.518. The number of Topliss-reactive ketones (excluding diaryl/α,β-unsaturated/α-hetero) is 2. The summed E-state index contributed by atoms with van der Waals surface area (Å²) < 4.78 is 0.927. The number of aryl methyl sites for hydroxylation is 1. The quantitative estimate of drug-likeness (QED) is 0.775. The topological polar surface area (TPSA) is 34.1 Å². The van der Waals surface area contributed by atoms with Gasteiger partial charge in [-0.3, -0.25) is 9.59 Å². The molecule has 0 spiro atoms. The van der Waals surface area contributed by atoms with Crippen LogP contribution in [0, 0.1) is 18.8 Å². The lowest BCUT2D eigenvalue weighted by molar-refractivity contribution is -0.124. The molecule has 96 valence electrons. The lowest BCUT2D eigenvalue weighted by Gasteiger charge is -2.25. The van der Waals surface area contributed by atoms with Crippen LogP contribution in [-0.4, -0.2) is 11.6 Å². The minimum Gasteiger partial charge on any atom is -0.299 e. The number of carbonyl (C=O) groups is 2. The van der Waals surface area contributed by atoms with Gasteiger partial charge in [-0.1, -0.05) is 28.9 Å². The Morgan fingerprint density at radius 3 is 2.78 bits per heavy atom. The van der Waals surface area contributed by atoms with Gasteiger partial charge in [-0.05, 0) is 37.5 Å². The van der Waals surface area contributed by atoms with Gasteiger partial charge in [0, 0.05) is 28.3 Å². The Bertz CT molecular complexity index is 493. The van der Waals surface area contributed by atoms with E-state index in [1.165, 1.54) is 0 Å². The van der Waals surface area contributed by atoms with Crippen LogP contribution in [0.2, 0.25) is 0 Å². The molecule has 0 bridgehead atoms. The number of hydrogen-bond donors (Lipinski definition) is 0. The number of ketones is 2. The van der Waals surface area contributed by atoms with Crippen LogP contribution in [0.5, 0.6) is 0 Å². The molecule has 1 aliphatic carbocycles. The average molecular weight is 309 g/mol. The maximum atomic E-state index is 12.5. The van der Waals surface area contributed by atoms with E-state index in [4.69, 9.17) is 0 Å². The summed E-state index contributed by atoms with van der Waals surface area (Å²) in [6.45, 7) is 3.88. The van der Waals surface area contributed by atoms with E-state index in [9.17, 15) is 9.59 Å². The molecule has 2 unspecified atom stereocenters. The summed E-state index contributed by atoms with van der Waals surface area (Å²) in [6.07, 6.45) is 1.95. The summed E-state index contributed by atoms with van der Waals surface area (Å²) in [4.78, 5) is 24.0. The minimum atomic E-state index is 0.00528. The predicted octanol–water partition coefficient (Wildman–Crippen LogP) is 3.95. The van der Waals surface area contributed by atoms with Crippen molar-refractivity contribution in [3.8, 4) is 0 Å². The van der Waals surface area contributed by atoms with E-state index in [1.54, 1.807) is 0 Å². The Morgan fingerprint density at radius 1 is 1.39 bits per heavy atom. The number of halogens is 1.